The highest BCUT2D eigenvalue weighted by molar-refractivity contribution is 6.23. The fraction of sp³-hybridized carbons (Fsp3) is 0.500. The van der Waals surface area contributed by atoms with Gasteiger partial charge in [0.05, 0.1) is 6.61 Å². The molecule has 0 aliphatic carbocycles. The van der Waals surface area contributed by atoms with E-state index >= 15 is 0 Å². The third kappa shape index (κ3) is 3.30. The highest BCUT2D eigenvalue weighted by atomic mass is 16.6. The third-order valence-corrected chi connectivity index (χ3v) is 0.364. The summed E-state index contributed by atoms with van der Waals surface area (Å²) in [5, 5.41) is 0. The molecule has 0 aromatic carbocycles. The number of carbonyl (C=O) groups is 1. The summed E-state index contributed by atoms with van der Waals surface area (Å²) in [6.45, 7) is 1.94. The van der Waals surface area contributed by atoms with Gasteiger partial charge in [0.25, 0.3) is 6.29 Å². The molecule has 0 rings (SSSR count). The minimum Gasteiger partial charge on any atom is -0.279 e. The molecule has 4 nitrogen and oxygen atoms in total. The van der Waals surface area contributed by atoms with E-state index < -0.39 is 5.91 Å². The first-order chi connectivity index (χ1) is 3.81. The molecule has 44 valence electrons. The molecule has 0 saturated carbocycles. The molecule has 0 fully saturated rings. The Hall–Kier alpha value is -0.900. The summed E-state index contributed by atoms with van der Waals surface area (Å²) in [6, 6.07) is 0. The monoisotopic (exact) mass is 115 g/mol. The Morgan fingerprint density at radius 3 is 2.88 bits per heavy atom. The van der Waals surface area contributed by atoms with E-state index in [0.29, 0.717) is 0 Å². The van der Waals surface area contributed by atoms with Gasteiger partial charge in [-0.15, -0.1) is 0 Å². The van der Waals surface area contributed by atoms with Crippen LogP contribution in [-0.2, 0) is 14.4 Å². The van der Waals surface area contributed by atoms with Crippen molar-refractivity contribution in [3.63, 3.8) is 0 Å². The van der Waals surface area contributed by atoms with E-state index in [1.54, 1.807) is 6.92 Å². The van der Waals surface area contributed by atoms with Gasteiger partial charge in [-0.05, 0) is 6.92 Å². The molecule has 0 aromatic rings. The summed E-state index contributed by atoms with van der Waals surface area (Å²) in [4.78, 5) is 23.4. The fourth-order valence-corrected chi connectivity index (χ4v) is 0.142. The minimum atomic E-state index is -1.01. The molecule has 0 unspecified atom stereocenters. The van der Waals surface area contributed by atoms with Crippen molar-refractivity contribution < 1.29 is 14.4 Å². The van der Waals surface area contributed by atoms with Gasteiger partial charge in [-0.25, -0.2) is 4.84 Å². The second kappa shape index (κ2) is 4.26. The van der Waals surface area contributed by atoms with Gasteiger partial charge in [-0.2, -0.15) is 0 Å². The molecule has 0 N–H and O–H groups in total. The van der Waals surface area contributed by atoms with Crippen LogP contribution >= 0.6 is 0 Å². The van der Waals surface area contributed by atoms with E-state index in [1.165, 1.54) is 0 Å². The van der Waals surface area contributed by atoms with E-state index in [4.69, 9.17) is 0 Å². The summed E-state index contributed by atoms with van der Waals surface area (Å²) in [5.74, 6) is -1.01. The predicted molar refractivity (Wildman–Crippen MR) is 24.5 cm³/mol. The van der Waals surface area contributed by atoms with Crippen molar-refractivity contribution in [1.82, 2.24) is 5.48 Å². The first-order valence-electron chi connectivity index (χ1n) is 2.06. The first-order valence-corrected chi connectivity index (χ1v) is 2.06. The van der Waals surface area contributed by atoms with Crippen LogP contribution in [0.4, 0.5) is 0 Å². The van der Waals surface area contributed by atoms with Crippen molar-refractivity contribution in [2.75, 3.05) is 6.61 Å². The fourth-order valence-electron chi connectivity index (χ4n) is 0.142. The number of hydrogen-bond acceptors (Lipinski definition) is 3. The Kier molecular flexibility index (Phi) is 3.78. The Bertz CT molecular complexity index is 91.3. The standard InChI is InChI=1S/C4H5NO3/c1-2-8-5-4(7)3-6/h2H2,1H3. The molecule has 2 radical (unpaired) electrons. The van der Waals surface area contributed by atoms with Gasteiger partial charge in [-0.1, -0.05) is 5.48 Å². The maximum absolute atomic E-state index is 9.86. The number of nitrogens with zero attached hydrogens (tertiary/aromatic N) is 1. The second-order valence-corrected chi connectivity index (χ2v) is 0.916. The maximum Gasteiger partial charge on any atom is 0.344 e. The third-order valence-electron chi connectivity index (χ3n) is 0.364. The van der Waals surface area contributed by atoms with Gasteiger partial charge in [-0.3, -0.25) is 9.59 Å². The Balaban J connectivity index is 3.11. The van der Waals surface area contributed by atoms with Gasteiger partial charge in [0.2, 0.25) is 0 Å². The Morgan fingerprint density at radius 1 is 1.88 bits per heavy atom. The molecule has 4 heteroatoms. The Labute approximate surface area is 46.8 Å². The van der Waals surface area contributed by atoms with Crippen molar-refractivity contribution in [2.45, 2.75) is 6.92 Å². The average molecular weight is 115 g/mol. The largest absolute Gasteiger partial charge is 0.344 e. The zero-order valence-electron chi connectivity index (χ0n) is 4.38. The molecule has 0 aromatic heterocycles. The molecule has 0 atom stereocenters. The zero-order valence-corrected chi connectivity index (χ0v) is 4.38. The van der Waals surface area contributed by atoms with Crippen LogP contribution < -0.4 is 5.48 Å². The number of carbonyl (C=O) groups excluding carboxylic acids is 2. The van der Waals surface area contributed by atoms with Gasteiger partial charge in [0.15, 0.2) is 0 Å². The van der Waals surface area contributed by atoms with E-state index in [9.17, 15) is 9.59 Å². The van der Waals surface area contributed by atoms with Crippen molar-refractivity contribution >= 4 is 12.2 Å². The van der Waals surface area contributed by atoms with Crippen LogP contribution in [0.5, 0.6) is 0 Å². The van der Waals surface area contributed by atoms with E-state index in [2.05, 4.69) is 10.3 Å². The zero-order chi connectivity index (χ0) is 6.41. The lowest BCUT2D eigenvalue weighted by Crippen LogP contribution is -2.16. The highest BCUT2D eigenvalue weighted by Crippen LogP contribution is 1.65. The summed E-state index contributed by atoms with van der Waals surface area (Å²) >= 11 is 0. The van der Waals surface area contributed by atoms with Gasteiger partial charge in [0, 0.05) is 0 Å². The summed E-state index contributed by atoms with van der Waals surface area (Å²) in [7, 11) is 0. The van der Waals surface area contributed by atoms with Crippen LogP contribution in [-0.4, -0.2) is 18.8 Å². The van der Waals surface area contributed by atoms with Crippen LogP contribution in [0.15, 0.2) is 0 Å². The summed E-state index contributed by atoms with van der Waals surface area (Å²) in [5.41, 5.74) is 2.80. The molecular formula is C4H5NO3. The topological polar surface area (TPSA) is 57.5 Å². The van der Waals surface area contributed by atoms with E-state index in [0.717, 1.165) is 6.29 Å². The molecule has 1 amide bonds. The van der Waals surface area contributed by atoms with Crippen LogP contribution in [0.3, 0.4) is 0 Å². The van der Waals surface area contributed by atoms with Crippen molar-refractivity contribution in [3.05, 3.63) is 0 Å². The SMILES string of the molecule is CCO[N]C(=O)[C]=O. The average Bonchev–Trinajstić information content (AvgIpc) is 1.83. The number of rotatable bonds is 3. The van der Waals surface area contributed by atoms with Gasteiger partial charge >= 0.3 is 5.91 Å². The lowest BCUT2D eigenvalue weighted by Gasteiger charge is -1.88. The Morgan fingerprint density at radius 2 is 2.50 bits per heavy atom. The van der Waals surface area contributed by atoms with Gasteiger partial charge < -0.3 is 0 Å². The molecule has 0 aliphatic heterocycles. The number of hydrogen-bond donors (Lipinski definition) is 0. The minimum absolute atomic E-state index is 0.285. The highest BCUT2D eigenvalue weighted by Gasteiger charge is 1.98. The van der Waals surface area contributed by atoms with Crippen LogP contribution in [0.2, 0.25) is 0 Å². The quantitative estimate of drug-likeness (QED) is 0.356. The lowest BCUT2D eigenvalue weighted by molar-refractivity contribution is -0.127. The predicted octanol–water partition coefficient (Wildman–Crippen LogP) is -0.821. The van der Waals surface area contributed by atoms with Gasteiger partial charge in [0.1, 0.15) is 0 Å². The molecule has 0 saturated heterocycles. The normalized spacial score (nSPS) is 8.12. The number of amides is 1. The van der Waals surface area contributed by atoms with Crippen molar-refractivity contribution in [2.24, 2.45) is 0 Å². The first kappa shape index (κ1) is 7.10. The number of hydroxylamine groups is 1. The maximum atomic E-state index is 9.86. The van der Waals surface area contributed by atoms with Crippen molar-refractivity contribution in [1.29, 1.82) is 0 Å². The molecule has 8 heavy (non-hydrogen) atoms. The van der Waals surface area contributed by atoms with Crippen LogP contribution in [0.25, 0.3) is 0 Å². The lowest BCUT2D eigenvalue weighted by atomic mass is 10.7. The summed E-state index contributed by atoms with van der Waals surface area (Å²) < 4.78 is 0. The molecule has 0 heterocycles. The van der Waals surface area contributed by atoms with Crippen molar-refractivity contribution in [3.8, 4) is 0 Å². The van der Waals surface area contributed by atoms with E-state index in [1.807, 2.05) is 0 Å². The smallest absolute Gasteiger partial charge is 0.279 e. The van der Waals surface area contributed by atoms with Crippen LogP contribution in [0.1, 0.15) is 6.92 Å². The molecule has 0 spiro atoms. The van der Waals surface area contributed by atoms with Crippen LogP contribution in [0, 0.1) is 0 Å². The second-order valence-electron chi connectivity index (χ2n) is 0.916. The molecular weight excluding hydrogens is 110 g/mol. The van der Waals surface area contributed by atoms with E-state index in [-0.39, 0.29) is 6.61 Å². The summed E-state index contributed by atoms with van der Waals surface area (Å²) in [6.07, 6.45) is 1.02. The molecule has 0 bridgehead atoms. The molecule has 0 aliphatic rings.